The van der Waals surface area contributed by atoms with Crippen LogP contribution < -0.4 is 9.80 Å². The zero-order valence-corrected chi connectivity index (χ0v) is 33.7. The van der Waals surface area contributed by atoms with E-state index in [-0.39, 0.29) is 11.0 Å². The molecule has 11 heteroatoms. The zero-order chi connectivity index (χ0) is 37.3. The van der Waals surface area contributed by atoms with E-state index < -0.39 is 14.0 Å². The minimum Gasteiger partial charge on any atom is -0.478 e. The van der Waals surface area contributed by atoms with Crippen molar-refractivity contribution in [1.82, 2.24) is 14.5 Å². The molecule has 7 rings (SSSR count). The zero-order valence-electron chi connectivity index (χ0n) is 32.0. The van der Waals surface area contributed by atoms with Gasteiger partial charge in [-0.05, 0) is 84.3 Å². The number of aromatic carboxylic acids is 1. The summed E-state index contributed by atoms with van der Waals surface area (Å²) in [5.41, 5.74) is 9.10. The Kier molecular flexibility index (Phi) is 11.1. The van der Waals surface area contributed by atoms with Crippen molar-refractivity contribution < 1.29 is 19.4 Å². The predicted molar refractivity (Wildman–Crippen MR) is 219 cm³/mol. The summed E-state index contributed by atoms with van der Waals surface area (Å²) in [6, 6.07) is 19.4. The van der Waals surface area contributed by atoms with Crippen LogP contribution in [-0.4, -0.2) is 86.1 Å². The number of allylic oxidation sites excluding steroid dienone is 1. The van der Waals surface area contributed by atoms with Crippen molar-refractivity contribution >= 4 is 59.3 Å². The van der Waals surface area contributed by atoms with Crippen LogP contribution >= 0.6 is 11.6 Å². The fourth-order valence-corrected chi connectivity index (χ4v) is 8.72. The molecule has 2 aliphatic heterocycles. The van der Waals surface area contributed by atoms with Crippen LogP contribution in [0.2, 0.25) is 30.7 Å². The summed E-state index contributed by atoms with van der Waals surface area (Å²) in [5.74, 6) is -0.945. The van der Waals surface area contributed by atoms with Crippen molar-refractivity contribution in [3.05, 3.63) is 88.2 Å². The molecule has 2 aromatic carbocycles. The van der Waals surface area contributed by atoms with Gasteiger partial charge in [-0.15, -0.1) is 0 Å². The fraction of sp³-hybridized carbons (Fsp3) is 0.476. The lowest BCUT2D eigenvalue weighted by Gasteiger charge is -2.39. The monoisotopic (exact) mass is 755 g/mol. The van der Waals surface area contributed by atoms with Crippen molar-refractivity contribution in [3.63, 3.8) is 0 Å². The molecule has 2 aromatic heterocycles. The summed E-state index contributed by atoms with van der Waals surface area (Å²) < 4.78 is 14.1. The Balaban J connectivity index is 1.10. The maximum Gasteiger partial charge on any atom is 0.337 e. The second kappa shape index (κ2) is 15.6. The van der Waals surface area contributed by atoms with Crippen LogP contribution in [0.1, 0.15) is 54.7 Å². The van der Waals surface area contributed by atoms with Crippen LogP contribution in [0.4, 0.5) is 17.1 Å². The summed E-state index contributed by atoms with van der Waals surface area (Å²) in [7, 11) is -1.18. The second-order valence-electron chi connectivity index (χ2n) is 16.9. The summed E-state index contributed by atoms with van der Waals surface area (Å²) in [4.78, 5) is 24.8. The first-order valence-corrected chi connectivity index (χ1v) is 23.2. The van der Waals surface area contributed by atoms with Gasteiger partial charge in [0.1, 0.15) is 12.4 Å². The number of piperazine rings is 1. The highest BCUT2D eigenvalue weighted by Crippen LogP contribution is 2.43. The van der Waals surface area contributed by atoms with E-state index in [4.69, 9.17) is 26.1 Å². The van der Waals surface area contributed by atoms with Crippen LogP contribution in [-0.2, 0) is 22.8 Å². The Labute approximate surface area is 320 Å². The molecule has 0 spiro atoms. The number of hydrogen-bond donors (Lipinski definition) is 1. The number of carboxylic acid groups (broad SMARTS) is 1. The SMILES string of the molecule is CC1(C)CCC(CN2CCN(c3ccc(C(=O)O)c(N4CCOCc5nc6c(ccn6COCC[Si](C)(C)C)cc54)c3)CC2)=C(c2ccc(Cl)cc2)C1. The number of benzene rings is 2. The minimum atomic E-state index is -1.18. The van der Waals surface area contributed by atoms with Gasteiger partial charge in [-0.25, -0.2) is 9.78 Å². The highest BCUT2D eigenvalue weighted by Gasteiger charge is 2.30. The number of fused-ring (bicyclic) bond motifs is 2. The minimum absolute atomic E-state index is 0.274. The maximum absolute atomic E-state index is 12.7. The molecule has 0 bridgehead atoms. The number of aromatic nitrogens is 2. The lowest BCUT2D eigenvalue weighted by molar-refractivity contribution is 0.0697. The summed E-state index contributed by atoms with van der Waals surface area (Å²) in [5, 5.41) is 12.1. The molecule has 4 aromatic rings. The first kappa shape index (κ1) is 37.6. The van der Waals surface area contributed by atoms with Gasteiger partial charge in [-0.1, -0.05) is 62.8 Å². The Morgan fingerprint density at radius 1 is 1.00 bits per heavy atom. The number of pyridine rings is 1. The molecule has 0 saturated carbocycles. The lowest BCUT2D eigenvalue weighted by atomic mass is 9.72. The third-order valence-electron chi connectivity index (χ3n) is 11.0. The van der Waals surface area contributed by atoms with E-state index in [2.05, 4.69) is 78.5 Å². The van der Waals surface area contributed by atoms with Crippen LogP contribution in [0.3, 0.4) is 0 Å². The van der Waals surface area contributed by atoms with E-state index in [0.717, 1.165) is 91.3 Å². The molecule has 1 saturated heterocycles. The molecule has 1 aliphatic carbocycles. The van der Waals surface area contributed by atoms with Crippen molar-refractivity contribution in [1.29, 1.82) is 0 Å². The number of nitrogens with zero attached hydrogens (tertiary/aromatic N) is 5. The number of carbonyl (C=O) groups is 1. The number of hydrogen-bond acceptors (Lipinski definition) is 7. The first-order chi connectivity index (χ1) is 25.3. The van der Waals surface area contributed by atoms with Crippen LogP contribution in [0.5, 0.6) is 0 Å². The normalized spacial score (nSPS) is 18.4. The fourth-order valence-electron chi connectivity index (χ4n) is 7.84. The largest absolute Gasteiger partial charge is 0.478 e. The van der Waals surface area contributed by atoms with Crippen molar-refractivity contribution in [2.45, 2.75) is 72.1 Å². The quantitative estimate of drug-likeness (QED) is 0.120. The number of ether oxygens (including phenoxy) is 2. The highest BCUT2D eigenvalue weighted by atomic mass is 35.5. The molecule has 0 unspecified atom stereocenters. The van der Waals surface area contributed by atoms with Gasteiger partial charge in [0.2, 0.25) is 0 Å². The van der Waals surface area contributed by atoms with Crippen molar-refractivity contribution in [3.8, 4) is 0 Å². The average Bonchev–Trinajstić information content (AvgIpc) is 3.39. The Hall–Kier alpha value is -3.67. The topological polar surface area (TPSA) is 83.3 Å². The third kappa shape index (κ3) is 8.84. The van der Waals surface area contributed by atoms with E-state index in [1.807, 2.05) is 29.0 Å². The second-order valence-corrected chi connectivity index (χ2v) is 23.0. The molecule has 1 fully saturated rings. The highest BCUT2D eigenvalue weighted by molar-refractivity contribution is 6.76. The van der Waals surface area contributed by atoms with Crippen molar-refractivity contribution in [2.24, 2.45) is 5.41 Å². The van der Waals surface area contributed by atoms with E-state index in [9.17, 15) is 9.90 Å². The number of rotatable bonds is 11. The summed E-state index contributed by atoms with van der Waals surface area (Å²) >= 11 is 6.25. The molecule has 4 heterocycles. The maximum atomic E-state index is 12.7. The molecule has 282 valence electrons. The molecule has 1 N–H and O–H groups in total. The van der Waals surface area contributed by atoms with Gasteiger partial charge >= 0.3 is 5.97 Å². The van der Waals surface area contributed by atoms with Gasteiger partial charge in [0.05, 0.1) is 35.8 Å². The van der Waals surface area contributed by atoms with Crippen LogP contribution in [0.25, 0.3) is 16.6 Å². The van der Waals surface area contributed by atoms with Crippen LogP contribution in [0.15, 0.2) is 66.4 Å². The van der Waals surface area contributed by atoms with E-state index in [1.54, 1.807) is 11.6 Å². The van der Waals surface area contributed by atoms with Gasteiger partial charge in [-0.2, -0.15) is 0 Å². The van der Waals surface area contributed by atoms with Gasteiger partial charge in [-0.3, -0.25) is 4.90 Å². The Morgan fingerprint density at radius 3 is 2.51 bits per heavy atom. The number of halogens is 1. The number of carboxylic acids is 1. The smallest absolute Gasteiger partial charge is 0.337 e. The van der Waals surface area contributed by atoms with Gasteiger partial charge in [0, 0.05) is 76.2 Å². The average molecular weight is 756 g/mol. The molecule has 0 atom stereocenters. The van der Waals surface area contributed by atoms with Gasteiger partial charge < -0.3 is 28.9 Å². The van der Waals surface area contributed by atoms with E-state index in [1.165, 1.54) is 17.6 Å². The lowest BCUT2D eigenvalue weighted by Crippen LogP contribution is -2.47. The van der Waals surface area contributed by atoms with Gasteiger partial charge in [0.15, 0.2) is 0 Å². The standard InChI is InChI=1S/C42H54ClN5O4Si/c1-42(2)14-12-32(36(26-42)30-6-8-33(43)9-7-30)27-45-16-18-46(19-17-45)34-10-11-35(41(49)50)38(25-34)48-20-21-51-28-37-39(48)24-31-13-15-47(40(31)44-37)29-52-22-23-53(3,4)5/h6-11,13,15,24-25H,12,14,16-23,26-29H2,1-5H3,(H,49,50). The molecule has 3 aliphatic rings. The first-order valence-electron chi connectivity index (χ1n) is 19.1. The molecule has 0 amide bonds. The molecule has 9 nitrogen and oxygen atoms in total. The molecule has 53 heavy (non-hydrogen) atoms. The summed E-state index contributed by atoms with van der Waals surface area (Å²) in [6.45, 7) is 19.0. The number of anilines is 3. The Morgan fingerprint density at radius 2 is 1.77 bits per heavy atom. The van der Waals surface area contributed by atoms with Crippen LogP contribution in [0, 0.1) is 5.41 Å². The molecule has 0 radical (unpaired) electrons. The van der Waals surface area contributed by atoms with Gasteiger partial charge in [0.25, 0.3) is 0 Å². The third-order valence-corrected chi connectivity index (χ3v) is 13.0. The Bertz CT molecular complexity index is 1980. The predicted octanol–water partition coefficient (Wildman–Crippen LogP) is 9.15. The summed E-state index contributed by atoms with van der Waals surface area (Å²) in [6.07, 6.45) is 5.41. The molecular weight excluding hydrogens is 702 g/mol. The van der Waals surface area contributed by atoms with E-state index >= 15 is 0 Å². The van der Waals surface area contributed by atoms with Crippen molar-refractivity contribution in [2.75, 3.05) is 62.3 Å². The molecular formula is C42H54ClN5O4Si. The van der Waals surface area contributed by atoms with E-state index in [0.29, 0.717) is 32.2 Å².